The summed E-state index contributed by atoms with van der Waals surface area (Å²) in [6.45, 7) is 1.40. The normalized spacial score (nSPS) is 31.3. The summed E-state index contributed by atoms with van der Waals surface area (Å²) in [4.78, 5) is 57.3. The molecule has 8 aromatic carbocycles. The van der Waals surface area contributed by atoms with Gasteiger partial charge >= 0.3 is 23.9 Å². The van der Waals surface area contributed by atoms with Crippen LogP contribution in [0.15, 0.2) is 146 Å². The van der Waals surface area contributed by atoms with Crippen molar-refractivity contribution in [1.29, 1.82) is 0 Å². The van der Waals surface area contributed by atoms with E-state index < -0.39 is 47.5 Å². The van der Waals surface area contributed by atoms with Crippen LogP contribution < -0.4 is 18.9 Å². The molecular weight excluding hydrogens is 1620 g/mol. The van der Waals surface area contributed by atoms with Gasteiger partial charge in [0.15, 0.2) is 0 Å². The first-order valence-electron chi connectivity index (χ1n) is 47.6. The average molecular weight is 1740 g/mol. The number of methoxy groups -OCH3 is 4. The summed E-state index contributed by atoms with van der Waals surface area (Å²) >= 11 is 0. The average Bonchev–Trinajstić information content (AvgIpc) is 0.727. The zero-order valence-electron chi connectivity index (χ0n) is 73.8. The predicted octanol–water partition coefficient (Wildman–Crippen LogP) is 19.6. The van der Waals surface area contributed by atoms with Crippen molar-refractivity contribution in [2.24, 2.45) is 94.7 Å². The number of aromatic hydroxyl groups is 4. The van der Waals surface area contributed by atoms with Gasteiger partial charge in [0.1, 0.15) is 72.4 Å². The van der Waals surface area contributed by atoms with Crippen molar-refractivity contribution in [1.82, 2.24) is 0 Å². The first kappa shape index (κ1) is 84.7. The second kappa shape index (κ2) is 35.6. The quantitative estimate of drug-likeness (QED) is 0.0202. The van der Waals surface area contributed by atoms with Crippen LogP contribution in [-0.2, 0) is 37.9 Å². The van der Waals surface area contributed by atoms with Gasteiger partial charge in [-0.25, -0.2) is 19.2 Å². The van der Waals surface area contributed by atoms with E-state index >= 15 is 0 Å². The number of phenolic OH excluding ortho intramolecular Hbond substituents is 4. The molecule has 0 saturated heterocycles. The molecule has 8 aromatic rings. The third-order valence-corrected chi connectivity index (χ3v) is 33.0. The molecule has 17 aliphatic carbocycles. The van der Waals surface area contributed by atoms with Gasteiger partial charge in [0, 0.05) is 92.4 Å². The molecule has 17 aliphatic rings. The smallest absolute Gasteiger partial charge is 0.338 e. The van der Waals surface area contributed by atoms with Crippen molar-refractivity contribution in [2.45, 2.75) is 177 Å². The zero-order valence-corrected chi connectivity index (χ0v) is 73.8. The van der Waals surface area contributed by atoms with E-state index in [4.69, 9.17) is 56.8 Å². The Labute approximate surface area is 749 Å². The number of esters is 4. The van der Waals surface area contributed by atoms with Crippen LogP contribution in [0.4, 0.5) is 0 Å². The number of benzene rings is 8. The molecule has 0 aliphatic heterocycles. The first-order valence-corrected chi connectivity index (χ1v) is 47.6. The molecule has 20 heteroatoms. The van der Waals surface area contributed by atoms with Gasteiger partial charge in [0.25, 0.3) is 0 Å². The topological polar surface area (TPSA) is 260 Å². The van der Waals surface area contributed by atoms with E-state index in [1.165, 1.54) is 181 Å². The lowest BCUT2D eigenvalue weighted by Crippen LogP contribution is -2.49. The number of rotatable bonds is 28. The predicted molar refractivity (Wildman–Crippen MR) is 476 cm³/mol. The standard InChI is InChI=1S/C108H120O20/c1-117-93-53-89(109)81-49-85(93)97(65-5-13-69(14-6-65)105(113)125-25-21-121-101-73-33-57-29-58(35-73)36-74(101)34-57)82-50-86(94(118-2)54-90(82)110)99(67-9-17-71(18-10-67)107(115)127-27-23-123-103-77-41-61-31-62(43-77)44-78(103)42-61)84-52-88(96(120-4)56-92(84)112)100(68-11-19-72(20-12-68)108(116)128-28-24-124-104-79-45-63-32-64(47-79)48-80(104)46-63)83-51-87(95(119-3)55-91(83)111)98(81)66-7-15-70(16-8-66)106(114)126-26-22-122-102-75-37-59-30-60(39-75)40-76(102)38-59/h5-20,49-64,73-80,97-104,109-112H,21-48H2,1-4H3. The molecule has 0 radical (unpaired) electrons. The molecule has 16 saturated carbocycles. The minimum absolute atomic E-state index is 0.0695. The van der Waals surface area contributed by atoms with Gasteiger partial charge in [-0.1, -0.05) is 48.5 Å². The fourth-order valence-corrected chi connectivity index (χ4v) is 28.5. The van der Waals surface area contributed by atoms with Gasteiger partial charge in [-0.2, -0.15) is 0 Å². The fourth-order valence-electron chi connectivity index (χ4n) is 28.5. The highest BCUT2D eigenvalue weighted by atomic mass is 16.6. The summed E-state index contributed by atoms with van der Waals surface area (Å²) in [6.07, 6.45) is 25.3. The summed E-state index contributed by atoms with van der Waals surface area (Å²) in [5, 5.41) is 52.9. The second-order valence-corrected chi connectivity index (χ2v) is 40.4. The Morgan fingerprint density at radius 1 is 0.234 bits per heavy atom. The second-order valence-electron chi connectivity index (χ2n) is 40.4. The highest BCUT2D eigenvalue weighted by molar-refractivity contribution is 5.91. The van der Waals surface area contributed by atoms with Crippen LogP contribution in [0.3, 0.4) is 0 Å². The van der Waals surface area contributed by atoms with Gasteiger partial charge in [0.2, 0.25) is 0 Å². The van der Waals surface area contributed by atoms with Crippen molar-refractivity contribution < 1.29 is 96.4 Å². The summed E-state index contributed by atoms with van der Waals surface area (Å²) in [6, 6.07) is 41.4. The van der Waals surface area contributed by atoms with E-state index in [0.717, 1.165) is 47.3 Å². The van der Waals surface area contributed by atoms with E-state index in [1.54, 1.807) is 97.1 Å². The summed E-state index contributed by atoms with van der Waals surface area (Å²) in [5.74, 6) is 4.25. The lowest BCUT2D eigenvalue weighted by molar-refractivity contribution is -0.131. The molecule has 0 heterocycles. The van der Waals surface area contributed by atoms with Crippen molar-refractivity contribution in [2.75, 3.05) is 81.3 Å². The van der Waals surface area contributed by atoms with Crippen LogP contribution in [0.2, 0.25) is 0 Å². The van der Waals surface area contributed by atoms with Gasteiger partial charge < -0.3 is 77.3 Å². The van der Waals surface area contributed by atoms with E-state index in [-0.39, 0.29) is 146 Å². The maximum atomic E-state index is 14.3. The SMILES string of the molecule is COc1cc(O)c2cc1C(c1ccc(C(=O)OCCOC3C4CC5CC(C4)CC3C5)cc1)c1cc(c(OC)cc1O)C(c1ccc(C(=O)OCCOC3C4CC5CC(C4)CC3C5)cc1)c1cc(c(OC)cc1O)C(c1ccc(C(=O)OCCOC3C4CC5CC(C4)CC3C5)cc1)c1cc(c(OC)cc1O)C2c1ccc(C(=O)OCCOC2C3CC4CC(C3)CC2C4)cc1. The van der Waals surface area contributed by atoms with Crippen LogP contribution in [0.1, 0.15) is 260 Å². The highest BCUT2D eigenvalue weighted by Gasteiger charge is 2.53. The first-order chi connectivity index (χ1) is 62.4. The summed E-state index contributed by atoms with van der Waals surface area (Å²) in [7, 11) is 5.99. The van der Waals surface area contributed by atoms with Crippen molar-refractivity contribution >= 4 is 23.9 Å². The van der Waals surface area contributed by atoms with Crippen LogP contribution in [0, 0.1) is 94.7 Å². The zero-order chi connectivity index (χ0) is 87.3. The number of carbonyl (C=O) groups excluding carboxylic acids is 4. The van der Waals surface area contributed by atoms with Gasteiger partial charge in [-0.05, 0) is 318 Å². The molecule has 24 bridgehead atoms. The van der Waals surface area contributed by atoms with E-state index in [2.05, 4.69) is 0 Å². The number of hydrogen-bond acceptors (Lipinski definition) is 20. The highest BCUT2D eigenvalue weighted by Crippen LogP contribution is 2.61. The number of hydrogen-bond donors (Lipinski definition) is 4. The molecule has 16 fully saturated rings. The van der Waals surface area contributed by atoms with E-state index in [0.29, 0.717) is 114 Å². The Kier molecular flexibility index (Phi) is 23.6. The summed E-state index contributed by atoms with van der Waals surface area (Å²) < 4.78 is 75.9. The van der Waals surface area contributed by atoms with E-state index in [1.807, 2.05) is 24.3 Å². The Balaban J connectivity index is 0.674. The Bertz CT molecular complexity index is 4660. The lowest BCUT2D eigenvalue weighted by Gasteiger charge is -2.54. The van der Waals surface area contributed by atoms with Crippen molar-refractivity contribution in [3.05, 3.63) is 235 Å². The monoisotopic (exact) mass is 1740 g/mol. The number of carbonyl (C=O) groups is 4. The van der Waals surface area contributed by atoms with Crippen LogP contribution in [0.5, 0.6) is 46.0 Å². The van der Waals surface area contributed by atoms with Crippen LogP contribution in [0.25, 0.3) is 0 Å². The molecule has 20 nitrogen and oxygen atoms in total. The lowest BCUT2D eigenvalue weighted by atomic mass is 9.55. The Morgan fingerprint density at radius 3 is 0.570 bits per heavy atom. The van der Waals surface area contributed by atoms with Crippen LogP contribution in [-0.4, -0.2) is 150 Å². The Morgan fingerprint density at radius 2 is 0.406 bits per heavy atom. The Hall–Kier alpha value is -10.1. The number of fused-ring (bicyclic) bond motifs is 8. The molecule has 25 rings (SSSR count). The largest absolute Gasteiger partial charge is 0.507 e. The fraction of sp³-hybridized carbons (Fsp3) is 0.519. The molecular formula is C108H120O20. The molecule has 4 atom stereocenters. The molecule has 4 N–H and O–H groups in total. The molecule has 0 amide bonds. The number of ether oxygens (including phenoxy) is 12. The molecule has 128 heavy (non-hydrogen) atoms. The maximum absolute atomic E-state index is 14.3. The molecule has 4 unspecified atom stereocenters. The van der Waals surface area contributed by atoms with Crippen LogP contribution >= 0.6 is 0 Å². The molecule has 672 valence electrons. The van der Waals surface area contributed by atoms with Crippen molar-refractivity contribution in [3.8, 4) is 46.0 Å². The summed E-state index contributed by atoms with van der Waals surface area (Å²) in [5.41, 5.74) is 6.23. The minimum Gasteiger partial charge on any atom is -0.507 e. The minimum atomic E-state index is -1.04. The molecule has 0 spiro atoms. The van der Waals surface area contributed by atoms with E-state index in [9.17, 15) is 39.6 Å². The third-order valence-electron chi connectivity index (χ3n) is 33.0. The maximum Gasteiger partial charge on any atom is 0.338 e. The number of phenols is 4. The molecule has 0 aromatic heterocycles. The van der Waals surface area contributed by atoms with Gasteiger partial charge in [0.05, 0.1) is 102 Å². The third kappa shape index (κ3) is 16.3. The van der Waals surface area contributed by atoms with Gasteiger partial charge in [-0.3, -0.25) is 0 Å². The van der Waals surface area contributed by atoms with Crippen molar-refractivity contribution in [3.63, 3.8) is 0 Å². The van der Waals surface area contributed by atoms with Gasteiger partial charge in [-0.15, -0.1) is 0 Å².